The number of allylic oxidation sites excluding steroid dienone is 2. The Kier molecular flexibility index (Phi) is 11.6. The van der Waals surface area contributed by atoms with Gasteiger partial charge in [0.25, 0.3) is 0 Å². The van der Waals surface area contributed by atoms with Gasteiger partial charge in [-0.25, -0.2) is 4.79 Å². The molecule has 0 amide bonds. The number of aliphatic carboxylic acids is 1. The van der Waals surface area contributed by atoms with Crippen molar-refractivity contribution in [3.63, 3.8) is 0 Å². The minimum atomic E-state index is -2.11. The lowest BCUT2D eigenvalue weighted by atomic mass is 9.89. The van der Waals surface area contributed by atoms with Crippen molar-refractivity contribution in [2.45, 2.75) is 116 Å². The van der Waals surface area contributed by atoms with Crippen molar-refractivity contribution in [1.82, 2.24) is 0 Å². The molecule has 0 aromatic heterocycles. The highest BCUT2D eigenvalue weighted by Gasteiger charge is 2.48. The van der Waals surface area contributed by atoms with Crippen LogP contribution in [0.4, 0.5) is 0 Å². The summed E-state index contributed by atoms with van der Waals surface area (Å²) in [5, 5.41) is 18.7. The van der Waals surface area contributed by atoms with E-state index in [-0.39, 0.29) is 12.2 Å². The van der Waals surface area contributed by atoms with Crippen molar-refractivity contribution < 1.29 is 19.4 Å². The lowest BCUT2D eigenvalue weighted by Crippen LogP contribution is -2.51. The van der Waals surface area contributed by atoms with E-state index in [1.165, 1.54) is 6.08 Å². The lowest BCUT2D eigenvalue weighted by molar-refractivity contribution is -0.131. The summed E-state index contributed by atoms with van der Waals surface area (Å²) >= 11 is 0. The van der Waals surface area contributed by atoms with Crippen LogP contribution in [-0.4, -0.2) is 36.7 Å². The van der Waals surface area contributed by atoms with E-state index in [1.807, 2.05) is 13.0 Å². The first-order valence-corrected chi connectivity index (χ1v) is 14.1. The van der Waals surface area contributed by atoms with Gasteiger partial charge in [-0.2, -0.15) is 0 Å². The third-order valence-corrected chi connectivity index (χ3v) is 13.0. The zero-order valence-corrected chi connectivity index (χ0v) is 21.3. The summed E-state index contributed by atoms with van der Waals surface area (Å²) in [6.45, 7) is 15.5. The van der Waals surface area contributed by atoms with Crippen LogP contribution in [0.5, 0.6) is 0 Å². The Morgan fingerprint density at radius 1 is 1.07 bits per heavy atom. The standard InChI is InChI=1S/C25H46O4Si/c1-18(2)30(19(3)4,20(5)6)29-24(16-17-25(27)28)23-15-11-14-22(23)13-10-8-9-12-21(7)26/h10,13,16-24,26H,8-9,11-12,14-15H2,1-7H3,(H,27,28)/b13-10+,17-16+/t21-,22+,23+,24+/m0/s1. The number of aliphatic hydroxyl groups excluding tert-OH is 1. The highest BCUT2D eigenvalue weighted by Crippen LogP contribution is 2.46. The minimum Gasteiger partial charge on any atom is -0.478 e. The number of carboxylic acids is 1. The molecule has 2 N–H and O–H groups in total. The van der Waals surface area contributed by atoms with Crippen molar-refractivity contribution in [2.24, 2.45) is 11.8 Å². The molecule has 0 heterocycles. The molecule has 174 valence electrons. The van der Waals surface area contributed by atoms with Crippen molar-refractivity contribution in [2.75, 3.05) is 0 Å². The molecule has 0 aromatic rings. The fourth-order valence-electron chi connectivity index (χ4n) is 5.56. The van der Waals surface area contributed by atoms with Crippen LogP contribution in [0, 0.1) is 11.8 Å². The Labute approximate surface area is 185 Å². The molecule has 1 fully saturated rings. The van der Waals surface area contributed by atoms with Crippen LogP contribution in [0.1, 0.15) is 87.0 Å². The molecule has 0 unspecified atom stereocenters. The number of carboxylic acid groups (broad SMARTS) is 1. The van der Waals surface area contributed by atoms with Gasteiger partial charge in [-0.3, -0.25) is 0 Å². The monoisotopic (exact) mass is 438 g/mol. The molecule has 1 rings (SSSR count). The highest BCUT2D eigenvalue weighted by molar-refractivity contribution is 6.77. The average molecular weight is 439 g/mol. The number of unbranched alkanes of at least 4 members (excludes halogenated alkanes) is 1. The summed E-state index contributed by atoms with van der Waals surface area (Å²) in [7, 11) is -2.11. The molecular weight excluding hydrogens is 392 g/mol. The SMILES string of the molecule is CC(C)[Si](O[C@H](/C=C/C(=O)O)[C@@H]1CCC[C@H]1/C=C/CCC[C@H](C)O)(C(C)C)C(C)C. The van der Waals surface area contributed by atoms with Gasteiger partial charge in [-0.1, -0.05) is 60.1 Å². The smallest absolute Gasteiger partial charge is 0.328 e. The summed E-state index contributed by atoms with van der Waals surface area (Å²) in [4.78, 5) is 11.3. The molecule has 0 saturated heterocycles. The molecule has 0 radical (unpaired) electrons. The number of carbonyl (C=O) groups is 1. The summed E-state index contributed by atoms with van der Waals surface area (Å²) in [5.74, 6) is -0.146. The van der Waals surface area contributed by atoms with Gasteiger partial charge >= 0.3 is 5.97 Å². The third-order valence-electron chi connectivity index (χ3n) is 6.90. The molecule has 4 nitrogen and oxygen atoms in total. The number of rotatable bonds is 13. The molecule has 0 aromatic carbocycles. The topological polar surface area (TPSA) is 66.8 Å². The molecule has 1 aliphatic rings. The van der Waals surface area contributed by atoms with E-state index in [9.17, 15) is 15.0 Å². The van der Waals surface area contributed by atoms with Crippen LogP contribution in [0.3, 0.4) is 0 Å². The molecule has 0 aliphatic heterocycles. The first-order valence-electron chi connectivity index (χ1n) is 12.0. The number of hydrogen-bond acceptors (Lipinski definition) is 3. The minimum absolute atomic E-state index is 0.144. The van der Waals surface area contributed by atoms with Crippen LogP contribution < -0.4 is 0 Å². The van der Waals surface area contributed by atoms with Gasteiger partial charge in [0.2, 0.25) is 8.32 Å². The number of aliphatic hydroxyl groups is 1. The van der Waals surface area contributed by atoms with Crippen molar-refractivity contribution in [3.8, 4) is 0 Å². The average Bonchev–Trinajstić information content (AvgIpc) is 3.08. The predicted octanol–water partition coefficient (Wildman–Crippen LogP) is 6.71. The Hall–Kier alpha value is -0.913. The van der Waals surface area contributed by atoms with Crippen LogP contribution in [0.2, 0.25) is 16.6 Å². The Bertz CT molecular complexity index is 544. The quantitative estimate of drug-likeness (QED) is 0.145. The van der Waals surface area contributed by atoms with Crippen molar-refractivity contribution in [1.29, 1.82) is 0 Å². The van der Waals surface area contributed by atoms with Crippen LogP contribution >= 0.6 is 0 Å². The molecule has 5 heteroatoms. The first kappa shape index (κ1) is 27.1. The molecule has 4 atom stereocenters. The predicted molar refractivity (Wildman–Crippen MR) is 128 cm³/mol. The van der Waals surface area contributed by atoms with Gasteiger partial charge in [0.05, 0.1) is 12.2 Å². The van der Waals surface area contributed by atoms with Crippen LogP contribution in [-0.2, 0) is 9.22 Å². The van der Waals surface area contributed by atoms with Crippen molar-refractivity contribution >= 4 is 14.3 Å². The largest absolute Gasteiger partial charge is 0.478 e. The highest BCUT2D eigenvalue weighted by atomic mass is 28.4. The summed E-state index contributed by atoms with van der Waals surface area (Å²) in [6, 6.07) is 0. The van der Waals surface area contributed by atoms with Gasteiger partial charge < -0.3 is 14.6 Å². The maximum atomic E-state index is 11.3. The Morgan fingerprint density at radius 3 is 2.17 bits per heavy atom. The molecular formula is C25H46O4Si. The summed E-state index contributed by atoms with van der Waals surface area (Å²) in [5.41, 5.74) is 1.40. The first-order chi connectivity index (χ1) is 14.0. The van der Waals surface area contributed by atoms with Crippen molar-refractivity contribution in [3.05, 3.63) is 24.3 Å². The maximum absolute atomic E-state index is 11.3. The van der Waals surface area contributed by atoms with E-state index in [1.54, 1.807) is 0 Å². The maximum Gasteiger partial charge on any atom is 0.328 e. The molecule has 1 saturated carbocycles. The van der Waals surface area contributed by atoms with E-state index >= 15 is 0 Å². The Morgan fingerprint density at radius 2 is 1.67 bits per heavy atom. The molecule has 0 spiro atoms. The summed E-state index contributed by atoms with van der Waals surface area (Å²) in [6.07, 6.45) is 13.5. The molecule has 30 heavy (non-hydrogen) atoms. The van der Waals surface area contributed by atoms with E-state index in [0.29, 0.717) is 28.5 Å². The van der Waals surface area contributed by atoms with Crippen LogP contribution in [0.25, 0.3) is 0 Å². The van der Waals surface area contributed by atoms with Gasteiger partial charge in [0.15, 0.2) is 0 Å². The normalized spacial score (nSPS) is 22.8. The fraction of sp³-hybridized carbons (Fsp3) is 0.800. The summed E-state index contributed by atoms with van der Waals surface area (Å²) < 4.78 is 7.07. The second-order valence-electron chi connectivity index (χ2n) is 10.1. The van der Waals surface area contributed by atoms with E-state index in [2.05, 4.69) is 53.7 Å². The lowest BCUT2D eigenvalue weighted by Gasteiger charge is -2.45. The van der Waals surface area contributed by atoms with Gasteiger partial charge in [0, 0.05) is 6.08 Å². The third kappa shape index (κ3) is 7.65. The van der Waals surface area contributed by atoms with Gasteiger partial charge in [-0.15, -0.1) is 0 Å². The van der Waals surface area contributed by atoms with Gasteiger partial charge in [0.1, 0.15) is 0 Å². The van der Waals surface area contributed by atoms with E-state index < -0.39 is 14.3 Å². The zero-order chi connectivity index (χ0) is 22.9. The second kappa shape index (κ2) is 12.8. The fourth-order valence-corrected chi connectivity index (χ4v) is 11.1. The molecule has 0 bridgehead atoms. The van der Waals surface area contributed by atoms with E-state index in [4.69, 9.17) is 4.43 Å². The zero-order valence-electron chi connectivity index (χ0n) is 20.3. The van der Waals surface area contributed by atoms with E-state index in [0.717, 1.165) is 38.5 Å². The second-order valence-corrected chi connectivity index (χ2v) is 15.5. The molecule has 1 aliphatic carbocycles. The van der Waals surface area contributed by atoms with Crippen LogP contribution in [0.15, 0.2) is 24.3 Å². The van der Waals surface area contributed by atoms with Gasteiger partial charge in [-0.05, 0) is 73.6 Å². The number of hydrogen-bond donors (Lipinski definition) is 2. The Balaban J connectivity index is 3.08.